The highest BCUT2D eigenvalue weighted by atomic mass is 32.1. The van der Waals surface area contributed by atoms with Crippen LogP contribution in [-0.4, -0.2) is 42.0 Å². The molecule has 0 saturated carbocycles. The van der Waals surface area contributed by atoms with Crippen molar-refractivity contribution in [1.82, 2.24) is 10.2 Å². The van der Waals surface area contributed by atoms with Gasteiger partial charge in [-0.15, -0.1) is 22.7 Å². The Hall–Kier alpha value is -2.45. The molecule has 1 aliphatic rings. The third-order valence-electron chi connectivity index (χ3n) is 4.01. The lowest BCUT2D eigenvalue weighted by Gasteiger charge is -2.17. The minimum absolute atomic E-state index is 0.292. The van der Waals surface area contributed by atoms with Gasteiger partial charge in [0.1, 0.15) is 4.88 Å². The van der Waals surface area contributed by atoms with Crippen molar-refractivity contribution >= 4 is 60.1 Å². The Labute approximate surface area is 151 Å². The number of carbonyl (C=O) groups excluding carboxylic acids is 3. The van der Waals surface area contributed by atoms with Crippen LogP contribution in [-0.2, 0) is 9.53 Å². The van der Waals surface area contributed by atoms with E-state index >= 15 is 0 Å². The van der Waals surface area contributed by atoms with E-state index in [0.717, 1.165) is 19.7 Å². The molecule has 6 nitrogen and oxygen atoms in total. The Morgan fingerprint density at radius 3 is 2.80 bits per heavy atom. The van der Waals surface area contributed by atoms with Crippen LogP contribution in [0.15, 0.2) is 30.3 Å². The second-order valence-electron chi connectivity index (χ2n) is 5.67. The molecule has 0 spiro atoms. The Bertz CT molecular complexity index is 1010. The van der Waals surface area contributed by atoms with Crippen LogP contribution in [0.4, 0.5) is 4.79 Å². The van der Waals surface area contributed by atoms with Crippen molar-refractivity contribution in [2.75, 3.05) is 13.1 Å². The maximum Gasteiger partial charge on any atom is 0.349 e. The first-order valence-electron chi connectivity index (χ1n) is 7.76. The van der Waals surface area contributed by atoms with Gasteiger partial charge in [0.25, 0.3) is 5.91 Å². The Kier molecular flexibility index (Phi) is 3.93. The Morgan fingerprint density at radius 2 is 2.04 bits per heavy atom. The van der Waals surface area contributed by atoms with Gasteiger partial charge in [-0.05, 0) is 19.1 Å². The molecular formula is C17H14N2O4S2. The molecule has 3 amide bonds. The average molecular weight is 374 g/mol. The smallest absolute Gasteiger partial charge is 0.349 e. The van der Waals surface area contributed by atoms with Crippen LogP contribution in [0.1, 0.15) is 16.6 Å². The standard InChI is InChI=1S/C17H14N2O4S2/c1-9(15(20)19-7-6-18-17(19)22)23-16(21)13-8-12-14(25-13)10-4-2-3-5-11(10)24-12/h2-5,8-9H,6-7H2,1H3,(H,18,22)/t9-/m1/s1. The van der Waals surface area contributed by atoms with E-state index in [2.05, 4.69) is 5.32 Å². The van der Waals surface area contributed by atoms with Crippen LogP contribution >= 0.6 is 22.7 Å². The molecule has 0 aliphatic carbocycles. The number of esters is 1. The number of urea groups is 1. The van der Waals surface area contributed by atoms with Crippen molar-refractivity contribution in [2.45, 2.75) is 13.0 Å². The first-order valence-corrected chi connectivity index (χ1v) is 9.39. The van der Waals surface area contributed by atoms with Crippen LogP contribution in [0.2, 0.25) is 0 Å². The number of fused-ring (bicyclic) bond motifs is 3. The summed E-state index contributed by atoms with van der Waals surface area (Å²) in [6.45, 7) is 2.19. The number of amides is 3. The molecule has 0 unspecified atom stereocenters. The van der Waals surface area contributed by atoms with Crippen molar-refractivity contribution in [3.63, 3.8) is 0 Å². The molecule has 0 bridgehead atoms. The number of rotatable bonds is 3. The summed E-state index contributed by atoms with van der Waals surface area (Å²) in [5.41, 5.74) is 0. The molecule has 0 radical (unpaired) electrons. The Morgan fingerprint density at radius 1 is 1.24 bits per heavy atom. The fourth-order valence-corrected chi connectivity index (χ4v) is 5.18. The minimum Gasteiger partial charge on any atom is -0.448 e. The monoisotopic (exact) mass is 374 g/mol. The maximum absolute atomic E-state index is 12.4. The molecule has 25 heavy (non-hydrogen) atoms. The molecule has 3 heterocycles. The number of thiophene rings is 2. The minimum atomic E-state index is -1.01. The summed E-state index contributed by atoms with van der Waals surface area (Å²) in [5.74, 6) is -1.05. The van der Waals surface area contributed by atoms with Gasteiger partial charge in [-0.1, -0.05) is 18.2 Å². The lowest BCUT2D eigenvalue weighted by Crippen LogP contribution is -2.41. The number of ether oxygens (including phenoxy) is 1. The van der Waals surface area contributed by atoms with E-state index in [0.29, 0.717) is 18.0 Å². The predicted octanol–water partition coefficient (Wildman–Crippen LogP) is 3.21. The van der Waals surface area contributed by atoms with Crippen molar-refractivity contribution < 1.29 is 19.1 Å². The summed E-state index contributed by atoms with van der Waals surface area (Å²) in [6.07, 6.45) is -1.01. The first-order chi connectivity index (χ1) is 12.0. The van der Waals surface area contributed by atoms with E-state index in [4.69, 9.17) is 4.74 Å². The van der Waals surface area contributed by atoms with Gasteiger partial charge in [-0.2, -0.15) is 0 Å². The zero-order chi connectivity index (χ0) is 17.6. The van der Waals surface area contributed by atoms with Crippen LogP contribution in [0, 0.1) is 0 Å². The molecule has 1 saturated heterocycles. The molecule has 1 N–H and O–H groups in total. The molecule has 1 atom stereocenters. The summed E-state index contributed by atoms with van der Waals surface area (Å²) in [4.78, 5) is 37.7. The summed E-state index contributed by atoms with van der Waals surface area (Å²) in [7, 11) is 0. The number of nitrogens with zero attached hydrogens (tertiary/aromatic N) is 1. The molecule has 1 aliphatic heterocycles. The second kappa shape index (κ2) is 6.12. The summed E-state index contributed by atoms with van der Waals surface area (Å²) in [6, 6.07) is 9.38. The molecule has 3 aromatic rings. The van der Waals surface area contributed by atoms with E-state index in [9.17, 15) is 14.4 Å². The maximum atomic E-state index is 12.4. The normalized spacial score (nSPS) is 15.6. The molecule has 2 aromatic heterocycles. The zero-order valence-corrected chi connectivity index (χ0v) is 14.9. The molecule has 128 valence electrons. The number of hydrogen-bond donors (Lipinski definition) is 1. The van der Waals surface area contributed by atoms with Crippen molar-refractivity contribution in [3.8, 4) is 0 Å². The molecule has 1 fully saturated rings. The fraction of sp³-hybridized carbons (Fsp3) is 0.235. The number of carbonyl (C=O) groups is 3. The van der Waals surface area contributed by atoms with Gasteiger partial charge >= 0.3 is 12.0 Å². The largest absolute Gasteiger partial charge is 0.448 e. The molecule has 1 aromatic carbocycles. The SMILES string of the molecule is C[C@@H](OC(=O)c1cc2sc3ccccc3c2s1)C(=O)N1CCNC1=O. The van der Waals surface area contributed by atoms with Gasteiger partial charge in [0.05, 0.1) is 4.70 Å². The molecule has 4 rings (SSSR count). The predicted molar refractivity (Wildman–Crippen MR) is 97.2 cm³/mol. The third-order valence-corrected chi connectivity index (χ3v) is 6.40. The van der Waals surface area contributed by atoms with Crippen LogP contribution in [0.5, 0.6) is 0 Å². The highest BCUT2D eigenvalue weighted by molar-refractivity contribution is 7.33. The van der Waals surface area contributed by atoms with E-state index in [-0.39, 0.29) is 0 Å². The topological polar surface area (TPSA) is 75.7 Å². The van der Waals surface area contributed by atoms with Crippen LogP contribution in [0.3, 0.4) is 0 Å². The number of imide groups is 1. The quantitative estimate of drug-likeness (QED) is 0.714. The van der Waals surface area contributed by atoms with Gasteiger partial charge in [-0.25, -0.2) is 9.59 Å². The van der Waals surface area contributed by atoms with E-state index in [1.54, 1.807) is 17.4 Å². The summed E-state index contributed by atoms with van der Waals surface area (Å²) < 4.78 is 8.52. The van der Waals surface area contributed by atoms with Crippen LogP contribution in [0.25, 0.3) is 19.5 Å². The summed E-state index contributed by atoms with van der Waals surface area (Å²) in [5, 5.41) is 3.67. The molecular weight excluding hydrogens is 360 g/mol. The summed E-state index contributed by atoms with van der Waals surface area (Å²) >= 11 is 2.98. The van der Waals surface area contributed by atoms with Crippen molar-refractivity contribution in [2.24, 2.45) is 0 Å². The zero-order valence-electron chi connectivity index (χ0n) is 13.3. The van der Waals surface area contributed by atoms with Gasteiger partial charge in [0.15, 0.2) is 6.10 Å². The van der Waals surface area contributed by atoms with Gasteiger partial charge < -0.3 is 10.1 Å². The second-order valence-corrected chi connectivity index (χ2v) is 7.81. The van der Waals surface area contributed by atoms with Gasteiger partial charge in [-0.3, -0.25) is 9.69 Å². The lowest BCUT2D eigenvalue weighted by molar-refractivity contribution is -0.135. The Balaban J connectivity index is 1.53. The average Bonchev–Trinajstić information content (AvgIpc) is 3.27. The van der Waals surface area contributed by atoms with Crippen LogP contribution < -0.4 is 5.32 Å². The van der Waals surface area contributed by atoms with Crippen molar-refractivity contribution in [3.05, 3.63) is 35.2 Å². The fourth-order valence-electron chi connectivity index (χ4n) is 2.77. The highest BCUT2D eigenvalue weighted by Crippen LogP contribution is 2.39. The number of benzene rings is 1. The molecule has 8 heteroatoms. The number of nitrogens with one attached hydrogen (secondary N) is 1. The van der Waals surface area contributed by atoms with Crippen molar-refractivity contribution in [1.29, 1.82) is 0 Å². The van der Waals surface area contributed by atoms with Gasteiger partial charge in [0, 0.05) is 27.9 Å². The third kappa shape index (κ3) is 2.77. The van der Waals surface area contributed by atoms with E-state index in [1.807, 2.05) is 24.3 Å². The van der Waals surface area contributed by atoms with E-state index < -0.39 is 24.0 Å². The lowest BCUT2D eigenvalue weighted by atomic mass is 10.2. The van der Waals surface area contributed by atoms with E-state index in [1.165, 1.54) is 23.0 Å². The first kappa shape index (κ1) is 16.0. The van der Waals surface area contributed by atoms with Gasteiger partial charge in [0.2, 0.25) is 0 Å². The highest BCUT2D eigenvalue weighted by Gasteiger charge is 2.32. The number of hydrogen-bond acceptors (Lipinski definition) is 6.